The Balaban J connectivity index is 1.70. The summed E-state index contributed by atoms with van der Waals surface area (Å²) in [6.45, 7) is 1.33. The van der Waals surface area contributed by atoms with Gasteiger partial charge in [0, 0.05) is 23.4 Å². The summed E-state index contributed by atoms with van der Waals surface area (Å²) in [4.78, 5) is 11.5. The lowest BCUT2D eigenvalue weighted by molar-refractivity contribution is -0.139. The van der Waals surface area contributed by atoms with E-state index in [9.17, 15) is 18.0 Å². The number of thioether (sulfide) groups is 1. The van der Waals surface area contributed by atoms with Crippen LogP contribution in [0, 0.1) is 6.92 Å². The highest BCUT2D eigenvalue weighted by molar-refractivity contribution is 7.98. The van der Waals surface area contributed by atoms with Crippen LogP contribution in [0.2, 0.25) is 0 Å². The summed E-state index contributed by atoms with van der Waals surface area (Å²) in [6, 6.07) is 9.76. The zero-order chi connectivity index (χ0) is 22.6. The number of carboxylic acids is 1. The second-order valence-corrected chi connectivity index (χ2v) is 7.51. The summed E-state index contributed by atoms with van der Waals surface area (Å²) in [7, 11) is 1.49. The number of benzene rings is 2. The Hall–Kier alpha value is -3.14. The summed E-state index contributed by atoms with van der Waals surface area (Å²) in [6.07, 6.45) is -4.40. The van der Waals surface area contributed by atoms with Crippen LogP contribution in [-0.4, -0.2) is 29.9 Å². The molecule has 0 fully saturated rings. The Bertz CT molecular complexity index is 1060. The number of hydrogen-bond acceptors (Lipinski definition) is 6. The van der Waals surface area contributed by atoms with Gasteiger partial charge in [0.1, 0.15) is 11.5 Å². The second-order valence-electron chi connectivity index (χ2n) is 6.50. The monoisotopic (exact) mass is 453 g/mol. The quantitative estimate of drug-likeness (QED) is 0.455. The van der Waals surface area contributed by atoms with E-state index in [0.717, 1.165) is 22.6 Å². The maximum absolute atomic E-state index is 12.7. The third-order valence-electron chi connectivity index (χ3n) is 4.24. The number of carboxylic acid groups (broad SMARTS) is 1. The Labute approximate surface area is 180 Å². The van der Waals surface area contributed by atoms with E-state index >= 15 is 0 Å². The molecule has 1 heterocycles. The topological polar surface area (TPSA) is 81.8 Å². The summed E-state index contributed by atoms with van der Waals surface area (Å²) in [5.74, 6) is 0.642. The summed E-state index contributed by atoms with van der Waals surface area (Å²) >= 11 is 1.42. The largest absolute Gasteiger partial charge is 0.495 e. The molecule has 0 aliphatic heterocycles. The predicted octanol–water partition coefficient (Wildman–Crippen LogP) is 5.43. The molecule has 0 aliphatic rings. The fourth-order valence-electron chi connectivity index (χ4n) is 2.70. The smallest absolute Gasteiger partial charge is 0.416 e. The van der Waals surface area contributed by atoms with Gasteiger partial charge >= 0.3 is 12.1 Å². The normalized spacial score (nSPS) is 11.4. The van der Waals surface area contributed by atoms with Crippen molar-refractivity contribution in [3.05, 3.63) is 59.3 Å². The Morgan fingerprint density at radius 3 is 2.48 bits per heavy atom. The zero-order valence-corrected chi connectivity index (χ0v) is 17.3. The number of halogens is 3. The molecule has 2 aromatic carbocycles. The molecule has 1 N–H and O–H groups in total. The van der Waals surface area contributed by atoms with E-state index in [1.54, 1.807) is 19.1 Å². The average molecular weight is 453 g/mol. The molecule has 0 aliphatic carbocycles. The predicted molar refractivity (Wildman–Crippen MR) is 107 cm³/mol. The second kappa shape index (κ2) is 9.34. The van der Waals surface area contributed by atoms with Crippen LogP contribution in [-0.2, 0) is 16.7 Å². The number of nitrogens with zero attached hydrogens (tertiary/aromatic N) is 1. The Morgan fingerprint density at radius 2 is 1.87 bits per heavy atom. The van der Waals surface area contributed by atoms with E-state index in [0.29, 0.717) is 34.3 Å². The number of alkyl halides is 3. The van der Waals surface area contributed by atoms with Crippen molar-refractivity contribution in [1.29, 1.82) is 0 Å². The lowest BCUT2D eigenvalue weighted by Gasteiger charge is -2.13. The molecule has 10 heteroatoms. The van der Waals surface area contributed by atoms with Crippen LogP contribution in [0.25, 0.3) is 11.3 Å². The molecule has 0 unspecified atom stereocenters. The number of hydrogen-bond donors (Lipinski definition) is 1. The number of ether oxygens (including phenoxy) is 2. The van der Waals surface area contributed by atoms with Crippen LogP contribution in [0.5, 0.6) is 11.5 Å². The van der Waals surface area contributed by atoms with Crippen molar-refractivity contribution in [3.8, 4) is 22.8 Å². The van der Waals surface area contributed by atoms with Crippen molar-refractivity contribution in [2.75, 3.05) is 13.7 Å². The first-order chi connectivity index (χ1) is 14.7. The van der Waals surface area contributed by atoms with Gasteiger partial charge in [-0.3, -0.25) is 0 Å². The molecular formula is C21H18F3NO5S. The molecular weight excluding hydrogens is 435 g/mol. The fraction of sp³-hybridized carbons (Fsp3) is 0.238. The van der Waals surface area contributed by atoms with Crippen molar-refractivity contribution in [2.24, 2.45) is 0 Å². The standard InChI is InChI=1S/C21H18F3NO5S/c1-12-7-19(18(28-2)9-16(12)29-10-20(26)27)31-11-15-8-17(30-25-15)13-3-5-14(6-4-13)21(22,23)24/h3-9H,10-11H2,1-2H3,(H,26,27). The van der Waals surface area contributed by atoms with Crippen LogP contribution in [0.4, 0.5) is 13.2 Å². The van der Waals surface area contributed by atoms with Gasteiger partial charge in [-0.15, -0.1) is 11.8 Å². The maximum Gasteiger partial charge on any atom is 0.416 e. The zero-order valence-electron chi connectivity index (χ0n) is 16.5. The van der Waals surface area contributed by atoms with Gasteiger partial charge < -0.3 is 19.1 Å². The summed E-state index contributed by atoms with van der Waals surface area (Å²) < 4.78 is 54.0. The molecule has 164 valence electrons. The number of methoxy groups -OCH3 is 1. The first-order valence-corrected chi connectivity index (χ1v) is 9.95. The molecule has 0 amide bonds. The van der Waals surface area contributed by atoms with Crippen LogP contribution in [0.1, 0.15) is 16.8 Å². The van der Waals surface area contributed by atoms with Crippen molar-refractivity contribution in [2.45, 2.75) is 23.7 Å². The van der Waals surface area contributed by atoms with E-state index in [1.165, 1.54) is 31.0 Å². The van der Waals surface area contributed by atoms with Crippen molar-refractivity contribution in [3.63, 3.8) is 0 Å². The highest BCUT2D eigenvalue weighted by Gasteiger charge is 2.30. The Kier molecular flexibility index (Phi) is 6.79. The minimum Gasteiger partial charge on any atom is -0.495 e. The van der Waals surface area contributed by atoms with E-state index in [4.69, 9.17) is 19.1 Å². The highest BCUT2D eigenvalue weighted by atomic mass is 32.2. The van der Waals surface area contributed by atoms with Crippen molar-refractivity contribution >= 4 is 17.7 Å². The lowest BCUT2D eigenvalue weighted by Crippen LogP contribution is -2.10. The van der Waals surface area contributed by atoms with Gasteiger partial charge in [-0.1, -0.05) is 17.3 Å². The number of rotatable bonds is 8. The SMILES string of the molecule is COc1cc(OCC(=O)O)c(C)cc1SCc1cc(-c2ccc(C(F)(F)F)cc2)on1. The number of aliphatic carboxylic acids is 1. The van der Waals surface area contributed by atoms with Crippen LogP contribution in [0.15, 0.2) is 51.9 Å². The molecule has 3 aromatic rings. The molecule has 0 radical (unpaired) electrons. The van der Waals surface area contributed by atoms with Crippen molar-refractivity contribution in [1.82, 2.24) is 5.16 Å². The third kappa shape index (κ3) is 5.72. The molecule has 31 heavy (non-hydrogen) atoms. The van der Waals surface area contributed by atoms with Crippen LogP contribution in [0.3, 0.4) is 0 Å². The average Bonchev–Trinajstić information content (AvgIpc) is 3.20. The van der Waals surface area contributed by atoms with Crippen LogP contribution < -0.4 is 9.47 Å². The van der Waals surface area contributed by atoms with E-state index in [2.05, 4.69) is 5.16 Å². The summed E-state index contributed by atoms with van der Waals surface area (Å²) in [5.41, 5.74) is 1.11. The summed E-state index contributed by atoms with van der Waals surface area (Å²) in [5, 5.41) is 12.7. The van der Waals surface area contributed by atoms with Gasteiger partial charge in [-0.2, -0.15) is 13.2 Å². The van der Waals surface area contributed by atoms with Gasteiger partial charge in [0.25, 0.3) is 0 Å². The third-order valence-corrected chi connectivity index (χ3v) is 5.31. The first kappa shape index (κ1) is 22.5. The van der Waals surface area contributed by atoms with Gasteiger partial charge in [0.2, 0.25) is 0 Å². The van der Waals surface area contributed by atoms with Crippen LogP contribution >= 0.6 is 11.8 Å². The van der Waals surface area contributed by atoms with E-state index < -0.39 is 24.3 Å². The number of aromatic nitrogens is 1. The van der Waals surface area contributed by atoms with E-state index in [-0.39, 0.29) is 0 Å². The first-order valence-electron chi connectivity index (χ1n) is 8.96. The minimum atomic E-state index is -4.40. The molecule has 1 aromatic heterocycles. The molecule has 0 bridgehead atoms. The minimum absolute atomic E-state index is 0.366. The molecule has 0 atom stereocenters. The molecule has 0 spiro atoms. The molecule has 6 nitrogen and oxygen atoms in total. The Morgan fingerprint density at radius 1 is 1.16 bits per heavy atom. The highest BCUT2D eigenvalue weighted by Crippen LogP contribution is 2.37. The number of carbonyl (C=O) groups is 1. The van der Waals surface area contributed by atoms with Gasteiger partial charge in [0.15, 0.2) is 12.4 Å². The maximum atomic E-state index is 12.7. The molecule has 0 saturated carbocycles. The van der Waals surface area contributed by atoms with Gasteiger partial charge in [0.05, 0.1) is 23.3 Å². The molecule has 3 rings (SSSR count). The van der Waals surface area contributed by atoms with Crippen molar-refractivity contribution < 1.29 is 37.1 Å². The van der Waals surface area contributed by atoms with E-state index in [1.807, 2.05) is 6.07 Å². The number of aryl methyl sites for hydroxylation is 1. The molecule has 0 saturated heterocycles. The van der Waals surface area contributed by atoms with Gasteiger partial charge in [-0.05, 0) is 30.7 Å². The lowest BCUT2D eigenvalue weighted by atomic mass is 10.1. The van der Waals surface area contributed by atoms with Gasteiger partial charge in [-0.25, -0.2) is 4.79 Å². The fourth-order valence-corrected chi connectivity index (χ4v) is 3.69.